The minimum absolute atomic E-state index is 0.0461. The van der Waals surface area contributed by atoms with Crippen LogP contribution >= 0.6 is 59.1 Å². The van der Waals surface area contributed by atoms with Crippen molar-refractivity contribution in [3.8, 4) is 5.75 Å². The van der Waals surface area contributed by atoms with Gasteiger partial charge in [0.05, 0.1) is 27.9 Å². The van der Waals surface area contributed by atoms with Gasteiger partial charge in [0.1, 0.15) is 5.75 Å². The third-order valence-corrected chi connectivity index (χ3v) is 9.15. The summed E-state index contributed by atoms with van der Waals surface area (Å²) in [6, 6.07) is 20.4. The predicted octanol–water partition coefficient (Wildman–Crippen LogP) is 6.61. The Hall–Kier alpha value is -2.26. The Morgan fingerprint density at radius 3 is 2.58 bits per heavy atom. The Bertz CT molecular complexity index is 1740. The summed E-state index contributed by atoms with van der Waals surface area (Å²) in [6.07, 6.45) is 3.70. The molecule has 4 nitrogen and oxygen atoms in total. The van der Waals surface area contributed by atoms with Crippen molar-refractivity contribution in [3.63, 3.8) is 0 Å². The van der Waals surface area contributed by atoms with Gasteiger partial charge in [-0.25, -0.2) is 4.99 Å². The molecule has 2 aliphatic rings. The number of hydrogen-bond acceptors (Lipinski definition) is 4. The first kappa shape index (κ1) is 24.1. The predicted molar refractivity (Wildman–Crippen MR) is 155 cm³/mol. The third kappa shape index (κ3) is 4.08. The van der Waals surface area contributed by atoms with Crippen LogP contribution in [-0.4, -0.2) is 11.7 Å². The van der Waals surface area contributed by atoms with Crippen LogP contribution in [0.25, 0.3) is 11.8 Å². The fraction of sp³-hybridized carbons (Fsp3) is 0.143. The van der Waals surface area contributed by atoms with Gasteiger partial charge in [-0.1, -0.05) is 79.6 Å². The second-order valence-corrected chi connectivity index (χ2v) is 12.4. The van der Waals surface area contributed by atoms with E-state index in [0.29, 0.717) is 15.1 Å². The van der Waals surface area contributed by atoms with Gasteiger partial charge in [-0.3, -0.25) is 9.36 Å². The van der Waals surface area contributed by atoms with E-state index in [1.54, 1.807) is 7.11 Å². The van der Waals surface area contributed by atoms with Crippen molar-refractivity contribution in [2.75, 3.05) is 7.11 Å². The van der Waals surface area contributed by atoms with Crippen molar-refractivity contribution < 1.29 is 4.74 Å². The maximum absolute atomic E-state index is 13.9. The number of rotatable bonds is 3. The minimum atomic E-state index is -0.198. The maximum atomic E-state index is 13.9. The molecule has 8 heteroatoms. The molecule has 0 saturated heterocycles. The molecule has 4 aromatic rings. The molecule has 0 spiro atoms. The highest BCUT2D eigenvalue weighted by molar-refractivity contribution is 9.11. The molecule has 3 aromatic carbocycles. The van der Waals surface area contributed by atoms with Crippen molar-refractivity contribution in [1.29, 1.82) is 0 Å². The molecule has 0 amide bonds. The van der Waals surface area contributed by atoms with Gasteiger partial charge in [-0.2, -0.15) is 0 Å². The molecule has 0 fully saturated rings. The van der Waals surface area contributed by atoms with Crippen LogP contribution in [0.2, 0.25) is 0 Å². The molecule has 0 radical (unpaired) electrons. The van der Waals surface area contributed by atoms with E-state index in [0.717, 1.165) is 48.6 Å². The summed E-state index contributed by atoms with van der Waals surface area (Å²) in [5, 5.41) is 0. The second-order valence-electron chi connectivity index (χ2n) is 8.68. The zero-order chi connectivity index (χ0) is 25.0. The fourth-order valence-corrected chi connectivity index (χ4v) is 7.69. The molecule has 180 valence electrons. The summed E-state index contributed by atoms with van der Waals surface area (Å²) in [7, 11) is 1.63. The number of aryl methyl sites for hydroxylation is 1. The quantitative estimate of drug-likeness (QED) is 0.244. The molecule has 0 N–H and O–H groups in total. The van der Waals surface area contributed by atoms with Crippen molar-refractivity contribution in [3.05, 3.63) is 122 Å². The highest BCUT2D eigenvalue weighted by Gasteiger charge is 2.32. The van der Waals surface area contributed by atoms with Gasteiger partial charge in [0.15, 0.2) is 4.80 Å². The number of methoxy groups -OCH3 is 1. The zero-order valence-corrected chi connectivity index (χ0v) is 24.7. The Balaban J connectivity index is 1.63. The minimum Gasteiger partial charge on any atom is -0.495 e. The highest BCUT2D eigenvalue weighted by atomic mass is 79.9. The maximum Gasteiger partial charge on any atom is 0.271 e. The lowest BCUT2D eigenvalue weighted by molar-refractivity contribution is 0.411. The van der Waals surface area contributed by atoms with Crippen LogP contribution in [0.3, 0.4) is 0 Å². The zero-order valence-electron chi connectivity index (χ0n) is 19.1. The van der Waals surface area contributed by atoms with E-state index >= 15 is 0 Å². The van der Waals surface area contributed by atoms with Crippen molar-refractivity contribution in [2.45, 2.75) is 18.9 Å². The third-order valence-electron chi connectivity index (χ3n) is 6.59. The number of aromatic nitrogens is 1. The topological polar surface area (TPSA) is 43.6 Å². The van der Waals surface area contributed by atoms with Crippen molar-refractivity contribution in [2.24, 2.45) is 4.99 Å². The number of fused-ring (bicyclic) bond motifs is 3. The summed E-state index contributed by atoms with van der Waals surface area (Å²) < 4.78 is 10.8. The van der Waals surface area contributed by atoms with Gasteiger partial charge in [0.2, 0.25) is 0 Å². The van der Waals surface area contributed by atoms with E-state index in [9.17, 15) is 4.79 Å². The van der Waals surface area contributed by atoms with Crippen LogP contribution in [0.4, 0.5) is 0 Å². The molecule has 1 aliphatic carbocycles. The first-order chi connectivity index (χ1) is 17.4. The Morgan fingerprint density at radius 2 is 1.81 bits per heavy atom. The first-order valence-electron chi connectivity index (χ1n) is 11.4. The summed E-state index contributed by atoms with van der Waals surface area (Å²) in [5.41, 5.74) is 6.51. The van der Waals surface area contributed by atoms with E-state index in [2.05, 4.69) is 84.2 Å². The monoisotopic (exact) mass is 684 g/mol. The molecule has 1 aliphatic heterocycles. The standard InChI is InChI=1S/C28H19Br3N2O2S/c1-35-26-17(12-19(30)14-22(26)31)13-23-27(34)33-25(16-6-9-18(29)10-7-16)21-11-8-15-4-2-3-5-20(15)24(21)32-28(33)36-23/h2-7,9-10,12-14,25H,8,11H2,1H3/b23-13-/t25-/m1/s1. The molecule has 2 heterocycles. The average Bonchev–Trinajstić information content (AvgIpc) is 3.17. The van der Waals surface area contributed by atoms with E-state index < -0.39 is 0 Å². The molecule has 0 unspecified atom stereocenters. The van der Waals surface area contributed by atoms with E-state index in [4.69, 9.17) is 9.73 Å². The van der Waals surface area contributed by atoms with Gasteiger partial charge < -0.3 is 4.74 Å². The van der Waals surface area contributed by atoms with Crippen LogP contribution in [0.5, 0.6) is 5.75 Å². The number of halogens is 3. The van der Waals surface area contributed by atoms with Crippen molar-refractivity contribution >= 4 is 70.9 Å². The summed E-state index contributed by atoms with van der Waals surface area (Å²) >= 11 is 12.1. The smallest absolute Gasteiger partial charge is 0.271 e. The molecule has 6 rings (SSSR count). The lowest BCUT2D eigenvalue weighted by Gasteiger charge is -2.30. The number of benzene rings is 3. The van der Waals surface area contributed by atoms with E-state index in [1.165, 1.54) is 22.5 Å². The Kier molecular flexibility index (Phi) is 6.40. The average molecular weight is 687 g/mol. The molecular weight excluding hydrogens is 668 g/mol. The summed E-state index contributed by atoms with van der Waals surface area (Å²) in [4.78, 5) is 19.7. The van der Waals surface area contributed by atoms with Crippen LogP contribution in [0, 0.1) is 0 Å². The van der Waals surface area contributed by atoms with Crippen LogP contribution in [-0.2, 0) is 6.42 Å². The molecule has 0 saturated carbocycles. The molecule has 36 heavy (non-hydrogen) atoms. The number of thiazole rings is 1. The van der Waals surface area contributed by atoms with Crippen LogP contribution in [0.15, 0.2) is 89.4 Å². The van der Waals surface area contributed by atoms with Crippen LogP contribution < -0.4 is 19.6 Å². The van der Waals surface area contributed by atoms with E-state index in [1.807, 2.05) is 34.9 Å². The number of ether oxygens (including phenoxy) is 1. The highest BCUT2D eigenvalue weighted by Crippen LogP contribution is 2.41. The summed E-state index contributed by atoms with van der Waals surface area (Å²) in [6.45, 7) is 0. The Morgan fingerprint density at radius 1 is 1.03 bits per heavy atom. The summed E-state index contributed by atoms with van der Waals surface area (Å²) in [5.74, 6) is 0.682. The largest absolute Gasteiger partial charge is 0.495 e. The van der Waals surface area contributed by atoms with Gasteiger partial charge in [0.25, 0.3) is 5.56 Å². The van der Waals surface area contributed by atoms with Crippen LogP contribution in [0.1, 0.15) is 34.7 Å². The Labute approximate surface area is 237 Å². The lowest BCUT2D eigenvalue weighted by Crippen LogP contribution is -2.38. The fourth-order valence-electron chi connectivity index (χ4n) is 5.01. The SMILES string of the molecule is COc1c(Br)cc(Br)cc1/C=c1\sc2n(c1=O)[C@H](c1ccc(Br)cc1)C1=C(N=2)c2ccccc2CC1. The molecule has 0 bridgehead atoms. The number of hydrogen-bond donors (Lipinski definition) is 0. The lowest BCUT2D eigenvalue weighted by atomic mass is 9.83. The van der Waals surface area contributed by atoms with Gasteiger partial charge in [0, 0.05) is 20.1 Å². The number of nitrogens with zero attached hydrogens (tertiary/aromatic N) is 2. The van der Waals surface area contributed by atoms with Crippen molar-refractivity contribution in [1.82, 2.24) is 4.57 Å². The van der Waals surface area contributed by atoms with Gasteiger partial charge >= 0.3 is 0 Å². The molecule has 1 aromatic heterocycles. The van der Waals surface area contributed by atoms with Gasteiger partial charge in [-0.05, 0) is 75.8 Å². The second kappa shape index (κ2) is 9.56. The molecular formula is C28H19Br3N2O2S. The number of allylic oxidation sites excluding steroid dienone is 1. The van der Waals surface area contributed by atoms with E-state index in [-0.39, 0.29) is 11.6 Å². The van der Waals surface area contributed by atoms with Gasteiger partial charge in [-0.15, -0.1) is 0 Å². The first-order valence-corrected chi connectivity index (χ1v) is 14.6. The normalized spacial score (nSPS) is 16.8. The molecule has 1 atom stereocenters.